The van der Waals surface area contributed by atoms with Crippen LogP contribution in [0.25, 0.3) is 0 Å². The normalized spacial score (nSPS) is 16.7. The minimum atomic E-state index is -0.734. The fourth-order valence-corrected chi connectivity index (χ4v) is 2.49. The number of aliphatic carboxylic acids is 1. The summed E-state index contributed by atoms with van der Waals surface area (Å²) in [7, 11) is 1.65. The molecular formula is C15H20O3. The summed E-state index contributed by atoms with van der Waals surface area (Å²) in [6.07, 6.45) is 2.08. The van der Waals surface area contributed by atoms with Crippen molar-refractivity contribution in [3.8, 4) is 5.75 Å². The van der Waals surface area contributed by atoms with E-state index in [0.717, 1.165) is 24.2 Å². The standard InChI is InChI=1S/C15H20O3/c1-10(2)11-4-5-12(13(8-11)18-3)15(6-7-15)9-14(16)17/h4-5,8,10H,6-7,9H2,1-3H3,(H,16,17). The number of carboxylic acid groups (broad SMARTS) is 1. The molecular weight excluding hydrogens is 228 g/mol. The van der Waals surface area contributed by atoms with Crippen molar-refractivity contribution < 1.29 is 14.6 Å². The lowest BCUT2D eigenvalue weighted by molar-refractivity contribution is -0.137. The Morgan fingerprint density at radius 1 is 1.44 bits per heavy atom. The quantitative estimate of drug-likeness (QED) is 0.869. The van der Waals surface area contributed by atoms with Crippen LogP contribution >= 0.6 is 0 Å². The van der Waals surface area contributed by atoms with Gasteiger partial charge in [0.1, 0.15) is 5.75 Å². The van der Waals surface area contributed by atoms with Gasteiger partial charge in [0.25, 0.3) is 0 Å². The zero-order chi connectivity index (χ0) is 13.3. The highest BCUT2D eigenvalue weighted by molar-refractivity contribution is 5.70. The Labute approximate surface area is 108 Å². The van der Waals surface area contributed by atoms with Gasteiger partial charge >= 0.3 is 5.97 Å². The van der Waals surface area contributed by atoms with Crippen LogP contribution in [0.15, 0.2) is 18.2 Å². The van der Waals surface area contributed by atoms with Crippen LogP contribution in [0, 0.1) is 0 Å². The van der Waals surface area contributed by atoms with Crippen molar-refractivity contribution in [2.24, 2.45) is 0 Å². The molecule has 0 bridgehead atoms. The minimum Gasteiger partial charge on any atom is -0.496 e. The lowest BCUT2D eigenvalue weighted by atomic mass is 9.89. The molecule has 98 valence electrons. The highest BCUT2D eigenvalue weighted by Crippen LogP contribution is 2.54. The van der Waals surface area contributed by atoms with E-state index in [4.69, 9.17) is 9.84 Å². The molecule has 0 amide bonds. The molecule has 1 fully saturated rings. The number of methoxy groups -OCH3 is 1. The van der Waals surface area contributed by atoms with Crippen LogP contribution in [-0.2, 0) is 10.2 Å². The lowest BCUT2D eigenvalue weighted by Gasteiger charge is -2.19. The summed E-state index contributed by atoms with van der Waals surface area (Å²) in [6.45, 7) is 4.27. The van der Waals surface area contributed by atoms with E-state index in [2.05, 4.69) is 19.9 Å². The zero-order valence-electron chi connectivity index (χ0n) is 11.2. The molecule has 1 aliphatic carbocycles. The van der Waals surface area contributed by atoms with Gasteiger partial charge in [0, 0.05) is 11.0 Å². The topological polar surface area (TPSA) is 46.5 Å². The first-order chi connectivity index (χ1) is 8.48. The minimum absolute atomic E-state index is 0.188. The Morgan fingerprint density at radius 3 is 2.56 bits per heavy atom. The van der Waals surface area contributed by atoms with E-state index in [0.29, 0.717) is 5.92 Å². The summed E-state index contributed by atoms with van der Waals surface area (Å²) >= 11 is 0. The van der Waals surface area contributed by atoms with E-state index >= 15 is 0 Å². The van der Waals surface area contributed by atoms with Crippen molar-refractivity contribution in [3.05, 3.63) is 29.3 Å². The lowest BCUT2D eigenvalue weighted by Crippen LogP contribution is -2.14. The van der Waals surface area contributed by atoms with E-state index in [1.807, 2.05) is 12.1 Å². The van der Waals surface area contributed by atoms with Gasteiger partial charge in [0.05, 0.1) is 13.5 Å². The van der Waals surface area contributed by atoms with E-state index in [9.17, 15) is 4.79 Å². The van der Waals surface area contributed by atoms with Crippen molar-refractivity contribution in [1.82, 2.24) is 0 Å². The molecule has 2 rings (SSSR count). The largest absolute Gasteiger partial charge is 0.496 e. The number of ether oxygens (including phenoxy) is 1. The molecule has 1 N–H and O–H groups in total. The predicted octanol–water partition coefficient (Wildman–Crippen LogP) is 3.32. The predicted molar refractivity (Wildman–Crippen MR) is 70.2 cm³/mol. The molecule has 0 aliphatic heterocycles. The van der Waals surface area contributed by atoms with Crippen LogP contribution in [0.4, 0.5) is 0 Å². The van der Waals surface area contributed by atoms with Crippen LogP contribution in [0.3, 0.4) is 0 Å². The SMILES string of the molecule is COc1cc(C(C)C)ccc1C1(CC(=O)O)CC1. The van der Waals surface area contributed by atoms with E-state index in [1.165, 1.54) is 5.56 Å². The van der Waals surface area contributed by atoms with Crippen molar-refractivity contribution in [2.45, 2.75) is 44.4 Å². The monoisotopic (exact) mass is 248 g/mol. The molecule has 3 heteroatoms. The van der Waals surface area contributed by atoms with Gasteiger partial charge in [-0.05, 0) is 30.4 Å². The summed E-state index contributed by atoms with van der Waals surface area (Å²) in [5.41, 5.74) is 2.09. The molecule has 18 heavy (non-hydrogen) atoms. The van der Waals surface area contributed by atoms with Crippen molar-refractivity contribution >= 4 is 5.97 Å². The Kier molecular flexibility index (Phi) is 3.33. The molecule has 0 atom stereocenters. The zero-order valence-corrected chi connectivity index (χ0v) is 11.2. The van der Waals surface area contributed by atoms with Crippen LogP contribution in [0.1, 0.15) is 50.2 Å². The van der Waals surface area contributed by atoms with Gasteiger partial charge in [-0.25, -0.2) is 0 Å². The van der Waals surface area contributed by atoms with Gasteiger partial charge in [-0.15, -0.1) is 0 Å². The maximum absolute atomic E-state index is 11.0. The summed E-state index contributed by atoms with van der Waals surface area (Å²) in [6, 6.07) is 6.18. The molecule has 1 aromatic carbocycles. The maximum Gasteiger partial charge on any atom is 0.304 e. The highest BCUT2D eigenvalue weighted by Gasteiger charge is 2.47. The van der Waals surface area contributed by atoms with Crippen LogP contribution in [-0.4, -0.2) is 18.2 Å². The van der Waals surface area contributed by atoms with E-state index in [-0.39, 0.29) is 11.8 Å². The smallest absolute Gasteiger partial charge is 0.304 e. The fourth-order valence-electron chi connectivity index (χ4n) is 2.49. The Balaban J connectivity index is 2.36. The van der Waals surface area contributed by atoms with Gasteiger partial charge in [-0.3, -0.25) is 4.79 Å². The first-order valence-corrected chi connectivity index (χ1v) is 6.39. The van der Waals surface area contributed by atoms with Gasteiger partial charge in [-0.1, -0.05) is 26.0 Å². The number of carboxylic acids is 1. The second-order valence-electron chi connectivity index (χ2n) is 5.47. The van der Waals surface area contributed by atoms with Gasteiger partial charge in [-0.2, -0.15) is 0 Å². The molecule has 0 unspecified atom stereocenters. The number of benzene rings is 1. The van der Waals surface area contributed by atoms with E-state index in [1.54, 1.807) is 7.11 Å². The molecule has 1 aromatic rings. The number of hydrogen-bond acceptors (Lipinski definition) is 2. The first kappa shape index (κ1) is 12.9. The summed E-state index contributed by atoms with van der Waals surface area (Å²) in [5, 5.41) is 9.02. The van der Waals surface area contributed by atoms with Crippen LogP contribution < -0.4 is 4.74 Å². The van der Waals surface area contributed by atoms with Crippen LogP contribution in [0.2, 0.25) is 0 Å². The van der Waals surface area contributed by atoms with Gasteiger partial charge < -0.3 is 9.84 Å². The Morgan fingerprint density at radius 2 is 2.11 bits per heavy atom. The Bertz CT molecular complexity index is 459. The number of carbonyl (C=O) groups is 1. The third-order valence-electron chi connectivity index (χ3n) is 3.81. The average Bonchev–Trinajstić information content (AvgIpc) is 3.08. The maximum atomic E-state index is 11.0. The molecule has 0 spiro atoms. The van der Waals surface area contributed by atoms with Crippen LogP contribution in [0.5, 0.6) is 5.75 Å². The fraction of sp³-hybridized carbons (Fsp3) is 0.533. The molecule has 1 saturated carbocycles. The second kappa shape index (κ2) is 4.63. The molecule has 1 aliphatic rings. The van der Waals surface area contributed by atoms with Crippen molar-refractivity contribution in [1.29, 1.82) is 0 Å². The summed E-state index contributed by atoms with van der Waals surface area (Å²) in [5.74, 6) is 0.546. The van der Waals surface area contributed by atoms with Crippen molar-refractivity contribution in [3.63, 3.8) is 0 Å². The van der Waals surface area contributed by atoms with E-state index < -0.39 is 5.97 Å². The summed E-state index contributed by atoms with van der Waals surface area (Å²) in [4.78, 5) is 11.0. The first-order valence-electron chi connectivity index (χ1n) is 6.39. The average molecular weight is 248 g/mol. The van der Waals surface area contributed by atoms with Gasteiger partial charge in [0.2, 0.25) is 0 Å². The molecule has 0 aromatic heterocycles. The molecule has 0 heterocycles. The third-order valence-corrected chi connectivity index (χ3v) is 3.81. The highest BCUT2D eigenvalue weighted by atomic mass is 16.5. The summed E-state index contributed by atoms with van der Waals surface area (Å²) < 4.78 is 5.45. The Hall–Kier alpha value is -1.51. The van der Waals surface area contributed by atoms with Gasteiger partial charge in [0.15, 0.2) is 0 Å². The molecule has 3 nitrogen and oxygen atoms in total. The third kappa shape index (κ3) is 2.35. The molecule has 0 saturated heterocycles. The van der Waals surface area contributed by atoms with Crippen molar-refractivity contribution in [2.75, 3.05) is 7.11 Å². The second-order valence-corrected chi connectivity index (χ2v) is 5.47. The molecule has 0 radical (unpaired) electrons. The number of hydrogen-bond donors (Lipinski definition) is 1. The number of rotatable bonds is 5.